The number of H-pyrrole nitrogens is 1. The molecule has 1 aromatic heterocycles. The summed E-state index contributed by atoms with van der Waals surface area (Å²) in [7, 11) is 0. The van der Waals surface area contributed by atoms with Crippen LogP contribution in [0.4, 0.5) is 0 Å². The number of aromatic nitrogens is 3. The molecule has 0 amide bonds. The topological polar surface area (TPSA) is 92.0 Å². The Morgan fingerprint density at radius 1 is 1.71 bits per heavy atom. The molecule has 0 radical (unpaired) electrons. The van der Waals surface area contributed by atoms with Crippen LogP contribution in [0, 0.1) is 0 Å². The predicted octanol–water partition coefficient (Wildman–Crippen LogP) is -0.934. The van der Waals surface area contributed by atoms with Crippen molar-refractivity contribution in [3.8, 4) is 0 Å². The number of nitrogens with zero attached hydrogens (tertiary/aromatic N) is 3. The summed E-state index contributed by atoms with van der Waals surface area (Å²) >= 11 is 0. The third kappa shape index (κ3) is 2.29. The highest BCUT2D eigenvalue weighted by Crippen LogP contribution is 2.02. The van der Waals surface area contributed by atoms with Gasteiger partial charge >= 0.3 is 0 Å². The van der Waals surface area contributed by atoms with Crippen molar-refractivity contribution in [2.75, 3.05) is 13.1 Å². The van der Waals surface area contributed by atoms with Gasteiger partial charge in [0, 0.05) is 6.54 Å². The summed E-state index contributed by atoms with van der Waals surface area (Å²) in [6.07, 6.45) is 3.09. The van der Waals surface area contributed by atoms with E-state index in [-0.39, 0.29) is 0 Å². The lowest BCUT2D eigenvalue weighted by Gasteiger charge is -2.03. The van der Waals surface area contributed by atoms with Gasteiger partial charge in [-0.1, -0.05) is 0 Å². The van der Waals surface area contributed by atoms with E-state index in [0.29, 0.717) is 18.3 Å². The zero-order valence-electron chi connectivity index (χ0n) is 7.90. The van der Waals surface area contributed by atoms with Gasteiger partial charge < -0.3 is 11.1 Å². The van der Waals surface area contributed by atoms with Gasteiger partial charge in [0.2, 0.25) is 0 Å². The molecule has 0 unspecified atom stereocenters. The minimum atomic E-state index is 0.331. The van der Waals surface area contributed by atoms with E-state index >= 15 is 0 Å². The second kappa shape index (κ2) is 4.19. The molecule has 1 atom stereocenters. The lowest BCUT2D eigenvalue weighted by atomic mass is 10.2. The summed E-state index contributed by atoms with van der Waals surface area (Å²) in [5.74, 6) is 1.38. The molecule has 76 valence electrons. The number of hydrogen-bond acceptors (Lipinski definition) is 4. The van der Waals surface area contributed by atoms with E-state index in [2.05, 4.69) is 25.5 Å². The van der Waals surface area contributed by atoms with Crippen LogP contribution in [0.1, 0.15) is 12.2 Å². The molecule has 1 fully saturated rings. The molecule has 1 saturated heterocycles. The van der Waals surface area contributed by atoms with Crippen LogP contribution >= 0.6 is 0 Å². The summed E-state index contributed by atoms with van der Waals surface area (Å²) in [5.41, 5.74) is 5.78. The molecule has 0 aliphatic carbocycles. The predicted molar refractivity (Wildman–Crippen MR) is 53.0 cm³/mol. The maximum absolute atomic E-state index is 5.78. The van der Waals surface area contributed by atoms with E-state index in [1.165, 1.54) is 6.33 Å². The van der Waals surface area contributed by atoms with Crippen molar-refractivity contribution < 1.29 is 0 Å². The Balaban J connectivity index is 1.91. The number of nitrogens with one attached hydrogen (secondary N) is 2. The molecule has 2 heterocycles. The fourth-order valence-electron chi connectivity index (χ4n) is 1.52. The molecule has 6 heteroatoms. The van der Waals surface area contributed by atoms with Crippen LogP contribution in [-0.2, 0) is 6.42 Å². The molecule has 1 aromatic rings. The lowest BCUT2D eigenvalue weighted by Crippen LogP contribution is -2.21. The Morgan fingerprint density at radius 3 is 3.29 bits per heavy atom. The molecule has 2 rings (SSSR count). The Labute approximate surface area is 82.0 Å². The highest BCUT2D eigenvalue weighted by molar-refractivity contribution is 5.82. The van der Waals surface area contributed by atoms with Gasteiger partial charge in [0.15, 0.2) is 0 Å². The van der Waals surface area contributed by atoms with Crippen LogP contribution in [0.15, 0.2) is 11.3 Å². The molecule has 0 aromatic carbocycles. The highest BCUT2D eigenvalue weighted by atomic mass is 15.2. The molecule has 1 aliphatic rings. The van der Waals surface area contributed by atoms with Crippen molar-refractivity contribution in [3.63, 3.8) is 0 Å². The number of aliphatic imine (C=N–C) groups is 1. The van der Waals surface area contributed by atoms with Crippen molar-refractivity contribution >= 4 is 5.84 Å². The van der Waals surface area contributed by atoms with E-state index < -0.39 is 0 Å². The second-order valence-corrected chi connectivity index (χ2v) is 3.38. The maximum atomic E-state index is 5.78. The molecule has 0 spiro atoms. The number of rotatable bonds is 3. The molecule has 6 nitrogen and oxygen atoms in total. The van der Waals surface area contributed by atoms with Gasteiger partial charge in [0.05, 0.1) is 12.5 Å². The Kier molecular flexibility index (Phi) is 2.73. The SMILES string of the molecule is NC(Cc1ncn[nH]1)=N[C@H]1CCNC1. The zero-order chi connectivity index (χ0) is 9.80. The lowest BCUT2D eigenvalue weighted by molar-refractivity contribution is 0.739. The molecule has 0 bridgehead atoms. The fourth-order valence-corrected chi connectivity index (χ4v) is 1.52. The van der Waals surface area contributed by atoms with Crippen LogP contribution in [0.5, 0.6) is 0 Å². The van der Waals surface area contributed by atoms with Crippen LogP contribution in [-0.4, -0.2) is 40.1 Å². The van der Waals surface area contributed by atoms with Gasteiger partial charge in [0.1, 0.15) is 18.0 Å². The van der Waals surface area contributed by atoms with Crippen LogP contribution in [0.2, 0.25) is 0 Å². The summed E-state index contributed by atoms with van der Waals surface area (Å²) in [6.45, 7) is 1.96. The van der Waals surface area contributed by atoms with Gasteiger partial charge in [-0.15, -0.1) is 0 Å². The first-order valence-electron chi connectivity index (χ1n) is 4.71. The largest absolute Gasteiger partial charge is 0.387 e. The molecule has 1 aliphatic heterocycles. The van der Waals surface area contributed by atoms with Crippen molar-refractivity contribution in [1.29, 1.82) is 0 Å². The Morgan fingerprint density at radius 2 is 2.64 bits per heavy atom. The first-order chi connectivity index (χ1) is 6.84. The molecular formula is C8H14N6. The first-order valence-corrected chi connectivity index (χ1v) is 4.71. The average molecular weight is 194 g/mol. The van der Waals surface area contributed by atoms with E-state index in [4.69, 9.17) is 5.73 Å². The van der Waals surface area contributed by atoms with Gasteiger partial charge in [-0.05, 0) is 13.0 Å². The van der Waals surface area contributed by atoms with E-state index in [1.807, 2.05) is 0 Å². The van der Waals surface area contributed by atoms with E-state index in [0.717, 1.165) is 25.3 Å². The Bertz CT molecular complexity index is 298. The number of aromatic amines is 1. The standard InChI is InChI=1S/C8H14N6/c9-7(3-8-11-5-12-14-8)13-6-1-2-10-4-6/h5-6,10H,1-4H2,(H2,9,13)(H,11,12,14)/t6-/m0/s1. The monoisotopic (exact) mass is 194 g/mol. The number of amidine groups is 1. The van der Waals surface area contributed by atoms with Crippen LogP contribution in [0.3, 0.4) is 0 Å². The quantitative estimate of drug-likeness (QED) is 0.428. The maximum Gasteiger partial charge on any atom is 0.137 e. The normalized spacial score (nSPS) is 22.9. The van der Waals surface area contributed by atoms with Gasteiger partial charge in [-0.2, -0.15) is 5.10 Å². The summed E-state index contributed by atoms with van der Waals surface area (Å²) in [6, 6.07) is 0.331. The minimum Gasteiger partial charge on any atom is -0.387 e. The van der Waals surface area contributed by atoms with Crippen molar-refractivity contribution in [2.45, 2.75) is 18.9 Å². The fraction of sp³-hybridized carbons (Fsp3) is 0.625. The zero-order valence-corrected chi connectivity index (χ0v) is 7.90. The summed E-state index contributed by atoms with van der Waals surface area (Å²) in [4.78, 5) is 8.38. The number of hydrogen-bond donors (Lipinski definition) is 3. The highest BCUT2D eigenvalue weighted by Gasteiger charge is 2.13. The molecule has 4 N–H and O–H groups in total. The Hall–Kier alpha value is -1.43. The van der Waals surface area contributed by atoms with Crippen molar-refractivity contribution in [2.24, 2.45) is 10.7 Å². The summed E-state index contributed by atoms with van der Waals surface area (Å²) in [5, 5.41) is 9.74. The minimum absolute atomic E-state index is 0.331. The van der Waals surface area contributed by atoms with Gasteiger partial charge in [0.25, 0.3) is 0 Å². The number of nitrogens with two attached hydrogens (primary N) is 1. The molecule has 0 saturated carbocycles. The smallest absolute Gasteiger partial charge is 0.137 e. The van der Waals surface area contributed by atoms with Gasteiger partial charge in [-0.3, -0.25) is 10.1 Å². The van der Waals surface area contributed by atoms with Crippen molar-refractivity contribution in [1.82, 2.24) is 20.5 Å². The third-order valence-electron chi connectivity index (χ3n) is 2.20. The molecule has 14 heavy (non-hydrogen) atoms. The van der Waals surface area contributed by atoms with E-state index in [1.54, 1.807) is 0 Å². The molecular weight excluding hydrogens is 180 g/mol. The van der Waals surface area contributed by atoms with Crippen LogP contribution < -0.4 is 11.1 Å². The second-order valence-electron chi connectivity index (χ2n) is 3.38. The van der Waals surface area contributed by atoms with Crippen LogP contribution in [0.25, 0.3) is 0 Å². The average Bonchev–Trinajstić information content (AvgIpc) is 2.76. The van der Waals surface area contributed by atoms with E-state index in [9.17, 15) is 0 Å². The van der Waals surface area contributed by atoms with Crippen molar-refractivity contribution in [3.05, 3.63) is 12.2 Å². The third-order valence-corrected chi connectivity index (χ3v) is 2.20. The summed E-state index contributed by atoms with van der Waals surface area (Å²) < 4.78 is 0. The first kappa shape index (κ1) is 9.14. The van der Waals surface area contributed by atoms with Gasteiger partial charge in [-0.25, -0.2) is 4.98 Å².